The maximum absolute atomic E-state index is 12.5. The molecule has 0 unspecified atom stereocenters. The molecule has 164 valence electrons. The van der Waals surface area contributed by atoms with Crippen molar-refractivity contribution < 1.29 is 28.2 Å². The largest absolute Gasteiger partial charge is 0.490 e. The number of hydrogen-bond donors (Lipinski definition) is 1. The van der Waals surface area contributed by atoms with E-state index in [9.17, 15) is 9.59 Å². The molecule has 7 nitrogen and oxygen atoms in total. The highest BCUT2D eigenvalue weighted by Gasteiger charge is 2.20. The Labute approximate surface area is 183 Å². The number of furan rings is 1. The molecule has 0 bridgehead atoms. The quantitative estimate of drug-likeness (QED) is 0.451. The molecule has 2 aromatic carbocycles. The number of hydrogen-bond acceptors (Lipinski definition) is 6. The van der Waals surface area contributed by atoms with Gasteiger partial charge in [0.1, 0.15) is 11.2 Å². The van der Waals surface area contributed by atoms with Crippen molar-refractivity contribution in [1.29, 1.82) is 0 Å². The number of fused-ring (bicyclic) bond motifs is 3. The second-order valence-electron chi connectivity index (χ2n) is 8.00. The number of ether oxygens (including phenoxy) is 2. The van der Waals surface area contributed by atoms with Gasteiger partial charge in [-0.25, -0.2) is 4.79 Å². The molecule has 0 radical (unpaired) electrons. The van der Waals surface area contributed by atoms with Gasteiger partial charge in [-0.3, -0.25) is 4.79 Å². The Kier molecular flexibility index (Phi) is 4.89. The third-order valence-electron chi connectivity index (χ3n) is 5.99. The van der Waals surface area contributed by atoms with E-state index < -0.39 is 11.6 Å². The monoisotopic (exact) mass is 434 g/mol. The van der Waals surface area contributed by atoms with Gasteiger partial charge in [-0.2, -0.15) is 0 Å². The second kappa shape index (κ2) is 7.75. The smallest absolute Gasteiger partial charge is 0.339 e. The first kappa shape index (κ1) is 20.2. The van der Waals surface area contributed by atoms with Gasteiger partial charge in [0, 0.05) is 40.3 Å². The number of carboxylic acids is 1. The minimum Gasteiger partial charge on any atom is -0.490 e. The van der Waals surface area contributed by atoms with Gasteiger partial charge >= 0.3 is 11.6 Å². The topological polar surface area (TPSA) is 99.1 Å². The van der Waals surface area contributed by atoms with Crippen LogP contribution >= 0.6 is 0 Å². The summed E-state index contributed by atoms with van der Waals surface area (Å²) in [6, 6.07) is 7.76. The lowest BCUT2D eigenvalue weighted by atomic mass is 9.96. The average molecular weight is 434 g/mol. The fourth-order valence-electron chi connectivity index (χ4n) is 4.27. The van der Waals surface area contributed by atoms with E-state index in [-0.39, 0.29) is 12.8 Å². The van der Waals surface area contributed by atoms with Crippen LogP contribution in [0.25, 0.3) is 33.1 Å². The molecule has 0 fully saturated rings. The van der Waals surface area contributed by atoms with Crippen molar-refractivity contribution >= 4 is 27.9 Å². The molecular weight excluding hydrogens is 412 g/mol. The molecule has 0 saturated heterocycles. The summed E-state index contributed by atoms with van der Waals surface area (Å²) >= 11 is 0. The van der Waals surface area contributed by atoms with Crippen molar-refractivity contribution in [3.8, 4) is 22.6 Å². The zero-order chi connectivity index (χ0) is 22.4. The van der Waals surface area contributed by atoms with Crippen LogP contribution in [0.2, 0.25) is 0 Å². The van der Waals surface area contributed by atoms with Crippen LogP contribution in [0.5, 0.6) is 11.5 Å². The summed E-state index contributed by atoms with van der Waals surface area (Å²) in [7, 11) is 0. The molecule has 0 atom stereocenters. The maximum Gasteiger partial charge on any atom is 0.339 e. The van der Waals surface area contributed by atoms with Crippen molar-refractivity contribution in [2.24, 2.45) is 0 Å². The molecule has 1 aliphatic rings. The van der Waals surface area contributed by atoms with E-state index in [1.807, 2.05) is 38.1 Å². The van der Waals surface area contributed by atoms with Crippen molar-refractivity contribution in [3.05, 3.63) is 57.6 Å². The van der Waals surface area contributed by atoms with Crippen LogP contribution in [0.3, 0.4) is 0 Å². The third kappa shape index (κ3) is 3.30. The standard InChI is InChI=1S/C25H22O7/c1-13-16(5-7-22(26)27)25(28)32-24-14(2)23-18(11-17(13)24)19(12-31-23)15-4-6-20-21(10-15)30-9-3-8-29-20/h4,6,10-12H,3,5,7-9H2,1-2H3,(H,26,27). The molecule has 1 aliphatic heterocycles. The van der Waals surface area contributed by atoms with Gasteiger partial charge in [0.25, 0.3) is 0 Å². The highest BCUT2D eigenvalue weighted by Crippen LogP contribution is 2.40. The van der Waals surface area contributed by atoms with Gasteiger partial charge in [0.15, 0.2) is 11.5 Å². The Hall–Kier alpha value is -3.74. The van der Waals surface area contributed by atoms with Crippen LogP contribution in [0.4, 0.5) is 0 Å². The van der Waals surface area contributed by atoms with Gasteiger partial charge in [0.2, 0.25) is 0 Å². The summed E-state index contributed by atoms with van der Waals surface area (Å²) in [5.41, 5.74) is 4.24. The van der Waals surface area contributed by atoms with E-state index in [0.717, 1.165) is 45.2 Å². The first-order chi connectivity index (χ1) is 15.4. The SMILES string of the molecule is Cc1c(CCC(=O)O)c(=O)oc2c(C)c3occ(-c4ccc5c(c4)OCCCO5)c3cc12. The number of aryl methyl sites for hydroxylation is 2. The Morgan fingerprint density at radius 1 is 1.00 bits per heavy atom. The molecule has 32 heavy (non-hydrogen) atoms. The van der Waals surface area contributed by atoms with E-state index in [1.54, 1.807) is 6.26 Å². The van der Waals surface area contributed by atoms with Crippen LogP contribution in [-0.2, 0) is 11.2 Å². The fourth-order valence-corrected chi connectivity index (χ4v) is 4.27. The second-order valence-corrected chi connectivity index (χ2v) is 8.00. The number of rotatable bonds is 4. The molecule has 2 aromatic heterocycles. The Balaban J connectivity index is 1.69. The molecule has 0 spiro atoms. The van der Waals surface area contributed by atoms with Crippen LogP contribution in [0.1, 0.15) is 29.5 Å². The number of benzene rings is 2. The van der Waals surface area contributed by atoms with Crippen LogP contribution in [-0.4, -0.2) is 24.3 Å². The minimum absolute atomic E-state index is 0.122. The lowest BCUT2D eigenvalue weighted by Crippen LogP contribution is -2.12. The highest BCUT2D eigenvalue weighted by atomic mass is 16.5. The minimum atomic E-state index is -0.956. The summed E-state index contributed by atoms with van der Waals surface area (Å²) in [5, 5.41) is 10.7. The molecular formula is C25H22O7. The molecule has 0 aliphatic carbocycles. The van der Waals surface area contributed by atoms with Gasteiger partial charge in [-0.15, -0.1) is 0 Å². The van der Waals surface area contributed by atoms with E-state index in [1.165, 1.54) is 0 Å². The van der Waals surface area contributed by atoms with E-state index in [0.29, 0.717) is 35.7 Å². The van der Waals surface area contributed by atoms with Crippen LogP contribution in [0.15, 0.2) is 44.2 Å². The number of carbonyl (C=O) groups is 1. The van der Waals surface area contributed by atoms with Gasteiger partial charge < -0.3 is 23.4 Å². The van der Waals surface area contributed by atoms with E-state index in [2.05, 4.69) is 0 Å². The lowest BCUT2D eigenvalue weighted by molar-refractivity contribution is -0.136. The van der Waals surface area contributed by atoms with Gasteiger partial charge in [-0.1, -0.05) is 6.07 Å². The first-order valence-corrected chi connectivity index (χ1v) is 10.5. The predicted molar refractivity (Wildman–Crippen MR) is 119 cm³/mol. The van der Waals surface area contributed by atoms with Crippen LogP contribution in [0, 0.1) is 13.8 Å². The van der Waals surface area contributed by atoms with Crippen molar-refractivity contribution in [1.82, 2.24) is 0 Å². The molecule has 7 heteroatoms. The summed E-state index contributed by atoms with van der Waals surface area (Å²) in [6.07, 6.45) is 2.51. The predicted octanol–water partition coefficient (Wildman–Crippen LogP) is 5.00. The normalized spacial score (nSPS) is 13.4. The maximum atomic E-state index is 12.5. The zero-order valence-corrected chi connectivity index (χ0v) is 17.8. The Morgan fingerprint density at radius 2 is 1.78 bits per heavy atom. The molecule has 1 N–H and O–H groups in total. The highest BCUT2D eigenvalue weighted by molar-refractivity contribution is 6.05. The lowest BCUT2D eigenvalue weighted by Gasteiger charge is -2.11. The fraction of sp³-hybridized carbons (Fsp3) is 0.280. The summed E-state index contributed by atoms with van der Waals surface area (Å²) in [4.78, 5) is 23.5. The molecule has 0 amide bonds. The van der Waals surface area contributed by atoms with Crippen molar-refractivity contribution in [2.45, 2.75) is 33.1 Å². The number of carboxylic acid groups (broad SMARTS) is 1. The van der Waals surface area contributed by atoms with Gasteiger partial charge in [0.05, 0.1) is 19.5 Å². The van der Waals surface area contributed by atoms with E-state index >= 15 is 0 Å². The van der Waals surface area contributed by atoms with E-state index in [4.69, 9.17) is 23.4 Å². The van der Waals surface area contributed by atoms with Crippen LogP contribution < -0.4 is 15.1 Å². The number of aliphatic carboxylic acids is 1. The van der Waals surface area contributed by atoms with Crippen molar-refractivity contribution in [2.75, 3.05) is 13.2 Å². The summed E-state index contributed by atoms with van der Waals surface area (Å²) < 4.78 is 23.1. The average Bonchev–Trinajstić information content (AvgIpc) is 3.05. The molecule has 4 aromatic rings. The Bertz CT molecular complexity index is 1420. The third-order valence-corrected chi connectivity index (χ3v) is 5.99. The first-order valence-electron chi connectivity index (χ1n) is 10.5. The summed E-state index contributed by atoms with van der Waals surface area (Å²) in [5.74, 6) is 0.466. The summed E-state index contributed by atoms with van der Waals surface area (Å²) in [6.45, 7) is 4.91. The molecule has 5 rings (SSSR count). The molecule has 0 saturated carbocycles. The van der Waals surface area contributed by atoms with Gasteiger partial charge in [-0.05, 0) is 49.6 Å². The zero-order valence-electron chi connectivity index (χ0n) is 17.8. The molecule has 3 heterocycles. The van der Waals surface area contributed by atoms with Crippen molar-refractivity contribution in [3.63, 3.8) is 0 Å². The Morgan fingerprint density at radius 3 is 2.56 bits per heavy atom.